The highest BCUT2D eigenvalue weighted by Gasteiger charge is 2.37. The Balaban J connectivity index is 1.12. The predicted molar refractivity (Wildman–Crippen MR) is 122 cm³/mol. The summed E-state index contributed by atoms with van der Waals surface area (Å²) in [4.78, 5) is 0. The predicted octanol–water partition coefficient (Wildman–Crippen LogP) is 7.82. The van der Waals surface area contributed by atoms with E-state index in [0.717, 1.165) is 61.8 Å². The smallest absolute Gasteiger partial charge is 0.426 e. The van der Waals surface area contributed by atoms with E-state index >= 15 is 0 Å². The highest BCUT2D eigenvalue weighted by Crippen LogP contribution is 2.43. The molecule has 2 saturated carbocycles. The van der Waals surface area contributed by atoms with Crippen LogP contribution in [0, 0.1) is 23.6 Å². The Labute approximate surface area is 194 Å². The third-order valence-electron chi connectivity index (χ3n) is 8.24. The van der Waals surface area contributed by atoms with Gasteiger partial charge in [0.2, 0.25) is 0 Å². The highest BCUT2D eigenvalue weighted by molar-refractivity contribution is 5.29. The average Bonchev–Trinajstić information content (AvgIpc) is 2.80. The van der Waals surface area contributed by atoms with Crippen LogP contribution in [0.2, 0.25) is 0 Å². The van der Waals surface area contributed by atoms with Crippen LogP contribution in [0.25, 0.3) is 0 Å². The molecule has 0 N–H and O–H groups in total. The molecule has 33 heavy (non-hydrogen) atoms. The monoisotopic (exact) mass is 458 g/mol. The van der Waals surface area contributed by atoms with Crippen molar-refractivity contribution in [1.29, 1.82) is 0 Å². The molecule has 0 aromatic heterocycles. The lowest BCUT2D eigenvalue weighted by molar-refractivity contribution is -0.185. The van der Waals surface area contributed by atoms with E-state index in [4.69, 9.17) is 9.47 Å². The topological polar surface area (TPSA) is 18.5 Å². The molecule has 2 atom stereocenters. The van der Waals surface area contributed by atoms with Gasteiger partial charge < -0.3 is 9.47 Å². The molecular formula is C28H33F3O2. The Morgan fingerprint density at radius 1 is 0.727 bits per heavy atom. The van der Waals surface area contributed by atoms with Crippen LogP contribution in [0.15, 0.2) is 48.5 Å². The molecule has 3 fully saturated rings. The minimum absolute atomic E-state index is 0.0623. The van der Waals surface area contributed by atoms with Crippen molar-refractivity contribution in [3.05, 3.63) is 65.5 Å². The molecule has 178 valence electrons. The zero-order valence-corrected chi connectivity index (χ0v) is 19.0. The first kappa shape index (κ1) is 22.8. The molecule has 2 aromatic carbocycles. The molecule has 0 bridgehead atoms. The summed E-state index contributed by atoms with van der Waals surface area (Å²) in [6.45, 7) is 0.949. The van der Waals surface area contributed by atoms with Gasteiger partial charge in [-0.3, -0.25) is 0 Å². The zero-order chi connectivity index (χ0) is 22.8. The fourth-order valence-corrected chi connectivity index (χ4v) is 5.93. The van der Waals surface area contributed by atoms with Gasteiger partial charge in [-0.15, -0.1) is 0 Å². The van der Waals surface area contributed by atoms with Crippen molar-refractivity contribution in [3.8, 4) is 5.75 Å². The first-order valence-corrected chi connectivity index (χ1v) is 12.5. The number of benzene rings is 2. The number of rotatable bonds is 6. The van der Waals surface area contributed by atoms with E-state index in [1.165, 1.54) is 56.4 Å². The molecule has 0 amide bonds. The second kappa shape index (κ2) is 9.69. The van der Waals surface area contributed by atoms with Crippen molar-refractivity contribution < 1.29 is 22.6 Å². The molecule has 0 radical (unpaired) electrons. The SMILES string of the molecule is Fc1ccc(OC(F)(F)c2ccc(C3CCC(C4CCC(C5CCC5)CO4)CC3)cc2)cc1. The molecule has 1 heterocycles. The van der Waals surface area contributed by atoms with Crippen molar-refractivity contribution in [1.82, 2.24) is 0 Å². The van der Waals surface area contributed by atoms with Gasteiger partial charge in [0.1, 0.15) is 11.6 Å². The fraction of sp³-hybridized carbons (Fsp3) is 0.571. The lowest BCUT2D eigenvalue weighted by atomic mass is 9.71. The molecule has 0 spiro atoms. The molecule has 2 unspecified atom stereocenters. The van der Waals surface area contributed by atoms with Crippen molar-refractivity contribution >= 4 is 0 Å². The van der Waals surface area contributed by atoms with Crippen molar-refractivity contribution in [3.63, 3.8) is 0 Å². The number of alkyl halides is 2. The maximum atomic E-state index is 14.5. The average molecular weight is 459 g/mol. The lowest BCUT2D eigenvalue weighted by Gasteiger charge is -2.42. The summed E-state index contributed by atoms with van der Waals surface area (Å²) in [5, 5.41) is 0. The summed E-state index contributed by atoms with van der Waals surface area (Å²) in [6.07, 6.45) is 8.12. The first-order chi connectivity index (χ1) is 16.0. The second-order valence-corrected chi connectivity index (χ2v) is 10.2. The van der Waals surface area contributed by atoms with Crippen LogP contribution in [0.4, 0.5) is 13.2 Å². The van der Waals surface area contributed by atoms with Crippen LogP contribution in [-0.2, 0) is 10.8 Å². The summed E-state index contributed by atoms with van der Waals surface area (Å²) in [5.74, 6) is 2.20. The first-order valence-electron chi connectivity index (χ1n) is 12.5. The van der Waals surface area contributed by atoms with Crippen molar-refractivity contribution in [2.75, 3.05) is 6.61 Å². The van der Waals surface area contributed by atoms with E-state index in [0.29, 0.717) is 17.9 Å². The Morgan fingerprint density at radius 2 is 1.39 bits per heavy atom. The minimum atomic E-state index is -3.47. The third-order valence-corrected chi connectivity index (χ3v) is 8.24. The van der Waals surface area contributed by atoms with Gasteiger partial charge in [0, 0.05) is 0 Å². The molecule has 1 saturated heterocycles. The summed E-state index contributed by atoms with van der Waals surface area (Å²) >= 11 is 0. The van der Waals surface area contributed by atoms with Crippen LogP contribution in [0.5, 0.6) is 5.75 Å². The van der Waals surface area contributed by atoms with Gasteiger partial charge in [-0.2, -0.15) is 8.78 Å². The van der Waals surface area contributed by atoms with Gasteiger partial charge in [-0.25, -0.2) is 4.39 Å². The second-order valence-electron chi connectivity index (χ2n) is 10.2. The number of ether oxygens (including phenoxy) is 2. The van der Waals surface area contributed by atoms with Gasteiger partial charge in [0.25, 0.3) is 0 Å². The Kier molecular flexibility index (Phi) is 6.69. The Hall–Kier alpha value is -2.01. The summed E-state index contributed by atoms with van der Waals surface area (Å²) < 4.78 is 53.2. The summed E-state index contributed by atoms with van der Waals surface area (Å²) in [5.41, 5.74) is 0.922. The van der Waals surface area contributed by atoms with E-state index in [-0.39, 0.29) is 11.3 Å². The molecule has 1 aliphatic heterocycles. The summed E-state index contributed by atoms with van der Waals surface area (Å²) in [6, 6.07) is 11.2. The molecule has 5 heteroatoms. The number of hydrogen-bond donors (Lipinski definition) is 0. The van der Waals surface area contributed by atoms with Crippen molar-refractivity contribution in [2.24, 2.45) is 17.8 Å². The molecular weight excluding hydrogens is 425 g/mol. The maximum absolute atomic E-state index is 14.5. The zero-order valence-electron chi connectivity index (χ0n) is 19.0. The van der Waals surface area contributed by atoms with Gasteiger partial charge in [0.15, 0.2) is 0 Å². The van der Waals surface area contributed by atoms with E-state index < -0.39 is 11.9 Å². The standard InChI is InChI=1S/C28H33F3O2/c29-25-13-15-26(16-14-25)33-28(30,31)24-11-8-21(9-12-24)20-4-6-22(7-5-20)27-17-10-23(18-32-27)19-2-1-3-19/h8-9,11-16,19-20,22-23,27H,1-7,10,17-18H2. The largest absolute Gasteiger partial charge is 0.429 e. The number of hydrogen-bond acceptors (Lipinski definition) is 2. The van der Waals surface area contributed by atoms with Crippen LogP contribution in [0.1, 0.15) is 74.8 Å². The lowest BCUT2D eigenvalue weighted by Crippen LogP contribution is -2.37. The van der Waals surface area contributed by atoms with Gasteiger partial charge in [-0.1, -0.05) is 31.4 Å². The van der Waals surface area contributed by atoms with E-state index in [1.807, 2.05) is 12.1 Å². The molecule has 3 aliphatic rings. The fourth-order valence-electron chi connectivity index (χ4n) is 5.93. The molecule has 2 aliphatic carbocycles. The Bertz CT molecular complexity index is 892. The summed E-state index contributed by atoms with van der Waals surface area (Å²) in [7, 11) is 0. The molecule has 2 aromatic rings. The van der Waals surface area contributed by atoms with Gasteiger partial charge in [0.05, 0.1) is 18.3 Å². The van der Waals surface area contributed by atoms with Crippen LogP contribution >= 0.6 is 0 Å². The quantitative estimate of drug-likeness (QED) is 0.439. The van der Waals surface area contributed by atoms with Crippen molar-refractivity contribution in [2.45, 2.75) is 75.9 Å². The normalized spacial score (nSPS) is 28.8. The van der Waals surface area contributed by atoms with E-state index in [2.05, 4.69) is 0 Å². The van der Waals surface area contributed by atoms with Crippen LogP contribution < -0.4 is 4.74 Å². The van der Waals surface area contributed by atoms with Crippen LogP contribution in [-0.4, -0.2) is 12.7 Å². The Morgan fingerprint density at radius 3 is 1.97 bits per heavy atom. The third kappa shape index (κ3) is 5.24. The van der Waals surface area contributed by atoms with Gasteiger partial charge in [-0.05, 0) is 104 Å². The number of halogens is 3. The highest BCUT2D eigenvalue weighted by atomic mass is 19.3. The minimum Gasteiger partial charge on any atom is -0.429 e. The van der Waals surface area contributed by atoms with E-state index in [1.54, 1.807) is 0 Å². The van der Waals surface area contributed by atoms with Gasteiger partial charge >= 0.3 is 6.11 Å². The maximum Gasteiger partial charge on any atom is 0.426 e. The molecule has 2 nitrogen and oxygen atoms in total. The van der Waals surface area contributed by atoms with E-state index in [9.17, 15) is 13.2 Å². The van der Waals surface area contributed by atoms with Crippen LogP contribution in [0.3, 0.4) is 0 Å². The molecule has 5 rings (SSSR count).